The third kappa shape index (κ3) is 3.11. The van der Waals surface area contributed by atoms with Crippen LogP contribution in [0.5, 0.6) is 0 Å². The summed E-state index contributed by atoms with van der Waals surface area (Å²) in [6, 6.07) is 17.2. The molecule has 3 rings (SSSR count). The molecule has 0 radical (unpaired) electrons. The molecule has 0 aliphatic carbocycles. The zero-order valence-corrected chi connectivity index (χ0v) is 12.6. The molecule has 1 aliphatic rings. The monoisotopic (exact) mass is 281 g/mol. The molecule has 110 valence electrons. The van der Waals surface area contributed by atoms with Crippen molar-refractivity contribution < 1.29 is 5.11 Å². The van der Waals surface area contributed by atoms with Gasteiger partial charge in [-0.15, -0.1) is 0 Å². The van der Waals surface area contributed by atoms with Crippen molar-refractivity contribution in [2.45, 2.75) is 32.3 Å². The normalized spacial score (nSPS) is 16.2. The number of anilines is 1. The molecule has 0 saturated heterocycles. The number of nitrogens with zero attached hydrogens (tertiary/aromatic N) is 1. The summed E-state index contributed by atoms with van der Waals surface area (Å²) in [5.41, 5.74) is 5.24. The Morgan fingerprint density at radius 2 is 1.52 bits per heavy atom. The molecule has 0 amide bonds. The Balaban J connectivity index is 1.74. The molecule has 2 aromatic rings. The summed E-state index contributed by atoms with van der Waals surface area (Å²) in [7, 11) is 0. The van der Waals surface area contributed by atoms with E-state index in [1.54, 1.807) is 0 Å². The van der Waals surface area contributed by atoms with Crippen LogP contribution in [0.15, 0.2) is 48.5 Å². The van der Waals surface area contributed by atoms with Crippen LogP contribution in [0, 0.1) is 0 Å². The van der Waals surface area contributed by atoms with Gasteiger partial charge in [0.1, 0.15) is 0 Å². The minimum absolute atomic E-state index is 0.340. The maximum atomic E-state index is 9.88. The van der Waals surface area contributed by atoms with Gasteiger partial charge in [-0.1, -0.05) is 43.3 Å². The lowest BCUT2D eigenvalue weighted by atomic mass is 10.0. The summed E-state index contributed by atoms with van der Waals surface area (Å²) in [5.74, 6) is 0. The number of hydrogen-bond donors (Lipinski definition) is 1. The van der Waals surface area contributed by atoms with Crippen molar-refractivity contribution in [1.29, 1.82) is 0 Å². The highest BCUT2D eigenvalue weighted by Gasteiger charge is 2.14. The van der Waals surface area contributed by atoms with Crippen molar-refractivity contribution in [3.63, 3.8) is 0 Å². The molecular formula is C19H23NO. The SMILES string of the molecule is CCC(O)c1ccc(N2CCc3ccccc3CC2)cc1. The van der Waals surface area contributed by atoms with Crippen LogP contribution in [-0.2, 0) is 12.8 Å². The highest BCUT2D eigenvalue weighted by molar-refractivity contribution is 5.49. The Labute approximate surface area is 127 Å². The van der Waals surface area contributed by atoms with Gasteiger partial charge in [0, 0.05) is 18.8 Å². The van der Waals surface area contributed by atoms with E-state index in [4.69, 9.17) is 0 Å². The van der Waals surface area contributed by atoms with E-state index in [1.165, 1.54) is 16.8 Å². The van der Waals surface area contributed by atoms with Crippen LogP contribution in [0.3, 0.4) is 0 Å². The van der Waals surface area contributed by atoms with Gasteiger partial charge in [-0.25, -0.2) is 0 Å². The maximum Gasteiger partial charge on any atom is 0.0787 e. The molecule has 2 heteroatoms. The van der Waals surface area contributed by atoms with E-state index in [0.717, 1.165) is 37.9 Å². The number of hydrogen-bond acceptors (Lipinski definition) is 2. The summed E-state index contributed by atoms with van der Waals surface area (Å²) in [6.07, 6.45) is 2.64. The van der Waals surface area contributed by atoms with Crippen molar-refractivity contribution in [2.75, 3.05) is 18.0 Å². The van der Waals surface area contributed by atoms with Gasteiger partial charge in [0.05, 0.1) is 6.10 Å². The Kier molecular flexibility index (Phi) is 4.26. The lowest BCUT2D eigenvalue weighted by Crippen LogP contribution is -2.25. The van der Waals surface area contributed by atoms with Crippen molar-refractivity contribution in [2.24, 2.45) is 0 Å². The molecule has 0 aromatic heterocycles. The zero-order valence-electron chi connectivity index (χ0n) is 12.6. The van der Waals surface area contributed by atoms with E-state index >= 15 is 0 Å². The first-order valence-electron chi connectivity index (χ1n) is 7.87. The fraction of sp³-hybridized carbons (Fsp3) is 0.368. The highest BCUT2D eigenvalue weighted by Crippen LogP contribution is 2.24. The van der Waals surface area contributed by atoms with Gasteiger partial charge in [-0.3, -0.25) is 0 Å². The molecule has 1 atom stereocenters. The molecule has 1 unspecified atom stereocenters. The van der Waals surface area contributed by atoms with Gasteiger partial charge in [0.25, 0.3) is 0 Å². The quantitative estimate of drug-likeness (QED) is 0.926. The molecule has 2 nitrogen and oxygen atoms in total. The molecule has 1 heterocycles. The number of aliphatic hydroxyl groups excluding tert-OH is 1. The van der Waals surface area contributed by atoms with Crippen molar-refractivity contribution in [3.8, 4) is 0 Å². The molecule has 0 bridgehead atoms. The first-order chi connectivity index (χ1) is 10.3. The highest BCUT2D eigenvalue weighted by atomic mass is 16.3. The van der Waals surface area contributed by atoms with Gasteiger partial charge in [0.15, 0.2) is 0 Å². The second-order valence-electron chi connectivity index (χ2n) is 5.77. The predicted molar refractivity (Wildman–Crippen MR) is 87.8 cm³/mol. The van der Waals surface area contributed by atoms with E-state index < -0.39 is 0 Å². The molecular weight excluding hydrogens is 258 g/mol. The van der Waals surface area contributed by atoms with Crippen LogP contribution in [0.2, 0.25) is 0 Å². The molecule has 1 aliphatic heterocycles. The summed E-state index contributed by atoms with van der Waals surface area (Å²) in [4.78, 5) is 2.45. The minimum atomic E-state index is -0.340. The van der Waals surface area contributed by atoms with Crippen LogP contribution in [0.25, 0.3) is 0 Å². The Hall–Kier alpha value is -1.80. The number of aliphatic hydroxyl groups is 1. The number of benzene rings is 2. The molecule has 0 saturated carbocycles. The predicted octanol–water partition coefficient (Wildman–Crippen LogP) is 3.74. The Bertz CT molecular complexity index is 564. The van der Waals surface area contributed by atoms with Gasteiger partial charge < -0.3 is 10.0 Å². The second-order valence-corrected chi connectivity index (χ2v) is 5.77. The van der Waals surface area contributed by atoms with Crippen molar-refractivity contribution in [3.05, 3.63) is 65.2 Å². The van der Waals surface area contributed by atoms with Crippen LogP contribution in [-0.4, -0.2) is 18.2 Å². The van der Waals surface area contributed by atoms with Gasteiger partial charge in [0.2, 0.25) is 0 Å². The maximum absolute atomic E-state index is 9.88. The van der Waals surface area contributed by atoms with Gasteiger partial charge in [-0.2, -0.15) is 0 Å². The lowest BCUT2D eigenvalue weighted by molar-refractivity contribution is 0.173. The van der Waals surface area contributed by atoms with Crippen LogP contribution in [0.1, 0.15) is 36.1 Å². The molecule has 0 fully saturated rings. The van der Waals surface area contributed by atoms with Gasteiger partial charge >= 0.3 is 0 Å². The average Bonchev–Trinajstić information content (AvgIpc) is 2.77. The second kappa shape index (κ2) is 6.31. The summed E-state index contributed by atoms with van der Waals surface area (Å²) in [6.45, 7) is 4.13. The topological polar surface area (TPSA) is 23.5 Å². The summed E-state index contributed by atoms with van der Waals surface area (Å²) >= 11 is 0. The first kappa shape index (κ1) is 14.2. The fourth-order valence-electron chi connectivity index (χ4n) is 3.07. The third-order valence-electron chi connectivity index (χ3n) is 4.45. The standard InChI is InChI=1S/C19H23NO/c1-2-19(21)17-7-9-18(10-8-17)20-13-11-15-5-3-4-6-16(15)12-14-20/h3-10,19,21H,2,11-14H2,1H3. The number of fused-ring (bicyclic) bond motifs is 1. The smallest absolute Gasteiger partial charge is 0.0787 e. The average molecular weight is 281 g/mol. The van der Waals surface area contributed by atoms with Crippen LogP contribution in [0.4, 0.5) is 5.69 Å². The first-order valence-corrected chi connectivity index (χ1v) is 7.87. The van der Waals surface area contributed by atoms with Crippen LogP contribution < -0.4 is 4.90 Å². The minimum Gasteiger partial charge on any atom is -0.388 e. The van der Waals surface area contributed by atoms with Gasteiger partial charge in [-0.05, 0) is 48.1 Å². The van der Waals surface area contributed by atoms with E-state index in [2.05, 4.69) is 53.4 Å². The van der Waals surface area contributed by atoms with E-state index in [0.29, 0.717) is 0 Å². The summed E-state index contributed by atoms with van der Waals surface area (Å²) < 4.78 is 0. The lowest BCUT2D eigenvalue weighted by Gasteiger charge is -2.23. The zero-order chi connectivity index (χ0) is 14.7. The van der Waals surface area contributed by atoms with Crippen molar-refractivity contribution >= 4 is 5.69 Å². The Morgan fingerprint density at radius 1 is 0.952 bits per heavy atom. The molecule has 21 heavy (non-hydrogen) atoms. The van der Waals surface area contributed by atoms with Crippen molar-refractivity contribution in [1.82, 2.24) is 0 Å². The van der Waals surface area contributed by atoms with E-state index in [1.807, 2.05) is 6.92 Å². The van der Waals surface area contributed by atoms with E-state index in [-0.39, 0.29) is 6.10 Å². The molecule has 2 aromatic carbocycles. The van der Waals surface area contributed by atoms with E-state index in [9.17, 15) is 5.11 Å². The fourth-order valence-corrected chi connectivity index (χ4v) is 3.07. The number of rotatable bonds is 3. The largest absolute Gasteiger partial charge is 0.388 e. The van der Waals surface area contributed by atoms with Crippen LogP contribution >= 0.6 is 0 Å². The third-order valence-corrected chi connectivity index (χ3v) is 4.45. The summed E-state index contributed by atoms with van der Waals surface area (Å²) in [5, 5.41) is 9.88. The Morgan fingerprint density at radius 3 is 2.05 bits per heavy atom. The molecule has 0 spiro atoms. The molecule has 1 N–H and O–H groups in total.